The zero-order valence-electron chi connectivity index (χ0n) is 17.1. The number of benzene rings is 2. The predicted molar refractivity (Wildman–Crippen MR) is 118 cm³/mol. The molecular formula is C23H17F3N6O. The molecule has 166 valence electrons. The number of hydrogen-bond acceptors (Lipinski definition) is 5. The quantitative estimate of drug-likeness (QED) is 0.350. The number of hydrogen-bond donors (Lipinski definition) is 1. The Morgan fingerprint density at radius 3 is 2.21 bits per heavy atom. The molecular weight excluding hydrogens is 433 g/mol. The van der Waals surface area contributed by atoms with Crippen molar-refractivity contribution in [2.45, 2.75) is 12.7 Å². The van der Waals surface area contributed by atoms with Crippen LogP contribution < -0.4 is 5.43 Å². The Hall–Kier alpha value is -4.34. The number of fused-ring (bicyclic) bond motifs is 1. The minimum Gasteiger partial charge on any atom is -0.271 e. The van der Waals surface area contributed by atoms with Crippen molar-refractivity contribution in [3.63, 3.8) is 0 Å². The van der Waals surface area contributed by atoms with Crippen LogP contribution in [0, 0.1) is 0 Å². The van der Waals surface area contributed by atoms with Crippen molar-refractivity contribution in [1.82, 2.24) is 20.2 Å². The molecule has 0 fully saturated rings. The van der Waals surface area contributed by atoms with E-state index >= 15 is 0 Å². The maximum Gasteiger partial charge on any atom is 0.433 e. The smallest absolute Gasteiger partial charge is 0.271 e. The first-order chi connectivity index (χ1) is 15.9. The number of aromatic nitrogens is 3. The Balaban J connectivity index is 1.61. The van der Waals surface area contributed by atoms with Gasteiger partial charge in [-0.15, -0.1) is 5.10 Å². The molecule has 0 aliphatic carbocycles. The van der Waals surface area contributed by atoms with Crippen LogP contribution in [0.25, 0.3) is 11.0 Å². The number of carbonyl (C=O) groups excluding carboxylic acids is 1. The van der Waals surface area contributed by atoms with E-state index in [2.05, 4.69) is 25.6 Å². The third kappa shape index (κ3) is 5.48. The summed E-state index contributed by atoms with van der Waals surface area (Å²) in [6, 6.07) is 20.3. The first-order valence-corrected chi connectivity index (χ1v) is 9.81. The molecule has 2 aromatic heterocycles. The van der Waals surface area contributed by atoms with Gasteiger partial charge in [-0.1, -0.05) is 60.7 Å². The van der Waals surface area contributed by atoms with Gasteiger partial charge in [0, 0.05) is 6.21 Å². The number of pyridine rings is 1. The highest BCUT2D eigenvalue weighted by atomic mass is 19.4. The Morgan fingerprint density at radius 2 is 1.58 bits per heavy atom. The second-order valence-corrected chi connectivity index (χ2v) is 6.92. The second kappa shape index (κ2) is 9.43. The van der Waals surface area contributed by atoms with Gasteiger partial charge >= 0.3 is 6.18 Å². The van der Waals surface area contributed by atoms with E-state index in [0.29, 0.717) is 0 Å². The summed E-state index contributed by atoms with van der Waals surface area (Å²) in [5, 5.41) is 8.36. The molecule has 0 aliphatic heterocycles. The van der Waals surface area contributed by atoms with E-state index in [-0.39, 0.29) is 16.9 Å². The summed E-state index contributed by atoms with van der Waals surface area (Å²) in [6.07, 6.45) is -1.65. The third-order valence-corrected chi connectivity index (χ3v) is 4.50. The lowest BCUT2D eigenvalue weighted by atomic mass is 10.2. The molecule has 1 amide bonds. The van der Waals surface area contributed by atoms with Gasteiger partial charge < -0.3 is 0 Å². The van der Waals surface area contributed by atoms with Crippen LogP contribution in [-0.4, -0.2) is 33.1 Å². The summed E-state index contributed by atoms with van der Waals surface area (Å²) in [7, 11) is 0. The van der Waals surface area contributed by atoms with Crippen LogP contribution in [0.1, 0.15) is 16.8 Å². The number of amides is 1. The van der Waals surface area contributed by atoms with Crippen LogP contribution >= 0.6 is 0 Å². The number of nitrogens with one attached hydrogen (secondary N) is 1. The lowest BCUT2D eigenvalue weighted by Gasteiger charge is -2.06. The molecule has 0 spiro atoms. The third-order valence-electron chi connectivity index (χ3n) is 4.50. The molecule has 0 radical (unpaired) electrons. The summed E-state index contributed by atoms with van der Waals surface area (Å²) in [5.41, 5.74) is 2.71. The topological polar surface area (TPSA) is 84.5 Å². The highest BCUT2D eigenvalue weighted by Gasteiger charge is 2.33. The monoisotopic (exact) mass is 450 g/mol. The van der Waals surface area contributed by atoms with Crippen LogP contribution in [0.2, 0.25) is 0 Å². The average Bonchev–Trinajstić information content (AvgIpc) is 3.15. The van der Waals surface area contributed by atoms with Crippen LogP contribution in [0.4, 0.5) is 19.0 Å². The lowest BCUT2D eigenvalue weighted by molar-refractivity contribution is -0.141. The highest BCUT2D eigenvalue weighted by molar-refractivity contribution is 5.91. The van der Waals surface area contributed by atoms with Crippen molar-refractivity contribution < 1.29 is 18.0 Å². The largest absolute Gasteiger partial charge is 0.433 e. The molecule has 2 aromatic carbocycles. The van der Waals surface area contributed by atoms with Crippen molar-refractivity contribution in [1.29, 1.82) is 0 Å². The fraction of sp³-hybridized carbons (Fsp3) is 0.0870. The Labute approximate surface area is 186 Å². The maximum absolute atomic E-state index is 13.2. The van der Waals surface area contributed by atoms with Gasteiger partial charge in [-0.2, -0.15) is 18.3 Å². The van der Waals surface area contributed by atoms with Gasteiger partial charge in [0.15, 0.2) is 11.5 Å². The molecule has 0 saturated heterocycles. The van der Waals surface area contributed by atoms with Crippen molar-refractivity contribution >= 4 is 35.2 Å². The number of nitrogens with zero attached hydrogens (tertiary/aromatic N) is 5. The van der Waals surface area contributed by atoms with Gasteiger partial charge in [0.2, 0.25) is 0 Å². The van der Waals surface area contributed by atoms with E-state index in [1.807, 2.05) is 48.5 Å². The van der Waals surface area contributed by atoms with Crippen LogP contribution in [0.3, 0.4) is 0 Å². The first kappa shape index (κ1) is 21.9. The number of alkyl halides is 3. The van der Waals surface area contributed by atoms with E-state index in [1.165, 1.54) is 18.5 Å². The van der Waals surface area contributed by atoms with Gasteiger partial charge in [0.05, 0.1) is 11.6 Å². The number of hydrazone groups is 1. The molecule has 10 heteroatoms. The fourth-order valence-corrected chi connectivity index (χ4v) is 2.96. The second-order valence-electron chi connectivity index (χ2n) is 6.92. The number of carbonyl (C=O) groups is 1. The molecule has 0 aliphatic rings. The molecule has 0 bridgehead atoms. The summed E-state index contributed by atoms with van der Waals surface area (Å²) in [4.78, 5) is 20.3. The maximum atomic E-state index is 13.2. The zero-order valence-corrected chi connectivity index (χ0v) is 17.1. The van der Waals surface area contributed by atoms with Crippen molar-refractivity contribution in [3.8, 4) is 0 Å². The minimum absolute atomic E-state index is 0.104. The molecule has 33 heavy (non-hydrogen) atoms. The van der Waals surface area contributed by atoms with Gasteiger partial charge in [0.25, 0.3) is 5.91 Å². The highest BCUT2D eigenvalue weighted by Crippen LogP contribution is 2.31. The molecule has 0 saturated carbocycles. The Kier molecular flexibility index (Phi) is 6.25. The van der Waals surface area contributed by atoms with E-state index in [9.17, 15) is 18.0 Å². The van der Waals surface area contributed by atoms with E-state index < -0.39 is 24.3 Å². The van der Waals surface area contributed by atoms with Gasteiger partial charge in [-0.05, 0) is 23.3 Å². The summed E-state index contributed by atoms with van der Waals surface area (Å²) >= 11 is 0. The number of halogens is 3. The molecule has 4 aromatic rings. The predicted octanol–water partition coefficient (Wildman–Crippen LogP) is 4.35. The van der Waals surface area contributed by atoms with Crippen LogP contribution in [0.5, 0.6) is 0 Å². The zero-order chi connectivity index (χ0) is 23.3. The molecule has 1 N–H and O–H groups in total. The molecule has 2 heterocycles. The number of rotatable bonds is 6. The number of aliphatic imine (C=N–C) groups is 1. The normalized spacial score (nSPS) is 12.1. The SMILES string of the molecule is O=C(Cn1nc(N=Cc2ccccc2)c2ccc(C(F)(F)F)nc21)N/N=C/c1ccccc1. The molecule has 0 atom stereocenters. The van der Waals surface area contributed by atoms with E-state index in [1.54, 1.807) is 12.1 Å². The van der Waals surface area contributed by atoms with Crippen LogP contribution in [0.15, 0.2) is 82.9 Å². The van der Waals surface area contributed by atoms with Crippen molar-refractivity contribution in [3.05, 3.63) is 89.6 Å². The van der Waals surface area contributed by atoms with E-state index in [0.717, 1.165) is 21.9 Å². The minimum atomic E-state index is -4.64. The van der Waals surface area contributed by atoms with E-state index in [4.69, 9.17) is 0 Å². The van der Waals surface area contributed by atoms with Gasteiger partial charge in [-0.3, -0.25) is 4.79 Å². The average molecular weight is 450 g/mol. The van der Waals surface area contributed by atoms with Crippen molar-refractivity contribution in [2.24, 2.45) is 10.1 Å². The summed E-state index contributed by atoms with van der Waals surface area (Å²) in [6.45, 7) is -0.391. The Morgan fingerprint density at radius 1 is 0.939 bits per heavy atom. The Bertz CT molecular complexity index is 1310. The van der Waals surface area contributed by atoms with Gasteiger partial charge in [0.1, 0.15) is 12.2 Å². The van der Waals surface area contributed by atoms with Gasteiger partial charge in [-0.25, -0.2) is 20.1 Å². The van der Waals surface area contributed by atoms with Crippen LogP contribution in [-0.2, 0) is 17.5 Å². The van der Waals surface area contributed by atoms with Crippen molar-refractivity contribution in [2.75, 3.05) is 0 Å². The summed E-state index contributed by atoms with van der Waals surface area (Å²) in [5.74, 6) is -0.431. The first-order valence-electron chi connectivity index (χ1n) is 9.81. The molecule has 0 unspecified atom stereocenters. The fourth-order valence-electron chi connectivity index (χ4n) is 2.96. The standard InChI is InChI=1S/C23H17F3N6O/c24-23(25,26)19-12-11-18-21(27-13-16-7-3-1-4-8-16)31-32(22(18)29-19)15-20(33)30-28-14-17-9-5-2-6-10-17/h1-14H,15H2,(H,30,33)/b27-13?,28-14+. The molecule has 4 rings (SSSR count). The molecule has 7 nitrogen and oxygen atoms in total. The summed E-state index contributed by atoms with van der Waals surface area (Å²) < 4.78 is 40.7. The lowest BCUT2D eigenvalue weighted by Crippen LogP contribution is -2.24.